The smallest absolute Gasteiger partial charge is 0.270 e. The summed E-state index contributed by atoms with van der Waals surface area (Å²) in [6.07, 6.45) is 5.37. The molecule has 0 radical (unpaired) electrons. The highest BCUT2D eigenvalue weighted by Gasteiger charge is 2.25. The quantitative estimate of drug-likeness (QED) is 0.518. The van der Waals surface area contributed by atoms with Crippen molar-refractivity contribution in [1.29, 1.82) is 0 Å². The molecule has 0 unspecified atom stereocenters. The Bertz CT molecular complexity index is 1050. The molecule has 168 valence electrons. The number of anilines is 2. The highest BCUT2D eigenvalue weighted by molar-refractivity contribution is 6.34. The lowest BCUT2D eigenvalue weighted by Gasteiger charge is -2.31. The van der Waals surface area contributed by atoms with Gasteiger partial charge in [-0.3, -0.25) is 19.7 Å². The molecular formula is C23H25ClN4O4. The number of piperidine rings is 1. The van der Waals surface area contributed by atoms with Crippen molar-refractivity contribution >= 4 is 40.5 Å². The van der Waals surface area contributed by atoms with Gasteiger partial charge in [-0.05, 0) is 56.4 Å². The van der Waals surface area contributed by atoms with E-state index in [2.05, 4.69) is 10.2 Å². The number of rotatable bonds is 5. The molecule has 0 saturated carbocycles. The number of halogens is 1. The summed E-state index contributed by atoms with van der Waals surface area (Å²) in [5.41, 5.74) is 1.91. The fourth-order valence-corrected chi connectivity index (χ4v) is 4.55. The molecule has 9 heteroatoms. The van der Waals surface area contributed by atoms with Crippen LogP contribution in [0.5, 0.6) is 0 Å². The number of carbonyl (C=O) groups excluding carboxylic acids is 2. The maximum absolute atomic E-state index is 13.3. The fraction of sp³-hybridized carbons (Fsp3) is 0.391. The first-order valence-corrected chi connectivity index (χ1v) is 11.3. The van der Waals surface area contributed by atoms with Gasteiger partial charge in [0.1, 0.15) is 0 Å². The first-order chi connectivity index (χ1) is 15.4. The number of hydrogen-bond acceptors (Lipinski definition) is 5. The van der Waals surface area contributed by atoms with Gasteiger partial charge in [-0.2, -0.15) is 0 Å². The molecule has 2 saturated heterocycles. The monoisotopic (exact) mass is 456 g/mol. The first-order valence-electron chi connectivity index (χ1n) is 10.9. The average molecular weight is 457 g/mol. The third kappa shape index (κ3) is 4.70. The number of hydrogen-bond donors (Lipinski definition) is 1. The number of nitro benzene ring substituents is 1. The van der Waals surface area contributed by atoms with Crippen LogP contribution in [-0.2, 0) is 0 Å². The van der Waals surface area contributed by atoms with Gasteiger partial charge in [0.05, 0.1) is 21.1 Å². The Morgan fingerprint density at radius 1 is 0.906 bits per heavy atom. The summed E-state index contributed by atoms with van der Waals surface area (Å²) in [4.78, 5) is 40.5. The predicted octanol–water partition coefficient (Wildman–Crippen LogP) is 4.73. The molecular weight excluding hydrogens is 432 g/mol. The van der Waals surface area contributed by atoms with E-state index in [9.17, 15) is 19.7 Å². The normalized spacial score (nSPS) is 16.2. The number of likely N-dealkylation sites (tertiary alicyclic amines) is 1. The standard InChI is InChI=1S/C23H25ClN4O4/c24-20-15-17(28(31)32)7-8-18(20)22(29)25-16-6-9-21(26-10-2-1-3-11-26)19(14-16)23(30)27-12-4-5-13-27/h6-9,14-15H,1-5,10-13H2,(H,25,29). The van der Waals surface area contributed by atoms with Crippen molar-refractivity contribution in [2.75, 3.05) is 36.4 Å². The molecule has 0 atom stereocenters. The lowest BCUT2D eigenvalue weighted by Crippen LogP contribution is -2.34. The summed E-state index contributed by atoms with van der Waals surface area (Å²) in [6.45, 7) is 3.30. The Kier molecular flexibility index (Phi) is 6.60. The van der Waals surface area contributed by atoms with Crippen molar-refractivity contribution in [3.63, 3.8) is 0 Å². The first kappa shape index (κ1) is 22.1. The zero-order chi connectivity index (χ0) is 22.7. The van der Waals surface area contributed by atoms with E-state index in [1.807, 2.05) is 11.0 Å². The largest absolute Gasteiger partial charge is 0.371 e. The lowest BCUT2D eigenvalue weighted by atomic mass is 10.0. The Morgan fingerprint density at radius 2 is 1.59 bits per heavy atom. The van der Waals surface area contributed by atoms with Gasteiger partial charge < -0.3 is 15.1 Å². The van der Waals surface area contributed by atoms with Gasteiger partial charge in [-0.15, -0.1) is 0 Å². The van der Waals surface area contributed by atoms with Crippen molar-refractivity contribution in [1.82, 2.24) is 4.90 Å². The van der Waals surface area contributed by atoms with Crippen molar-refractivity contribution in [2.45, 2.75) is 32.1 Å². The van der Waals surface area contributed by atoms with E-state index in [0.29, 0.717) is 11.3 Å². The number of nitrogens with zero attached hydrogens (tertiary/aromatic N) is 3. The third-order valence-corrected chi connectivity index (χ3v) is 6.30. The van der Waals surface area contributed by atoms with Crippen LogP contribution in [0.1, 0.15) is 52.8 Å². The van der Waals surface area contributed by atoms with Crippen molar-refractivity contribution in [2.24, 2.45) is 0 Å². The minimum Gasteiger partial charge on any atom is -0.371 e. The van der Waals surface area contributed by atoms with Gasteiger partial charge in [0.25, 0.3) is 17.5 Å². The molecule has 0 bridgehead atoms. The van der Waals surface area contributed by atoms with Gasteiger partial charge in [-0.25, -0.2) is 0 Å². The number of carbonyl (C=O) groups is 2. The maximum Gasteiger partial charge on any atom is 0.270 e. The van der Waals surface area contributed by atoms with Crippen LogP contribution in [0.3, 0.4) is 0 Å². The molecule has 0 aromatic heterocycles. The summed E-state index contributed by atoms with van der Waals surface area (Å²) >= 11 is 6.10. The Hall–Kier alpha value is -3.13. The summed E-state index contributed by atoms with van der Waals surface area (Å²) in [5, 5.41) is 13.7. The highest BCUT2D eigenvalue weighted by atomic mass is 35.5. The maximum atomic E-state index is 13.3. The van der Waals surface area contributed by atoms with Crippen LogP contribution in [-0.4, -0.2) is 47.8 Å². The van der Waals surface area contributed by atoms with Crippen LogP contribution in [0, 0.1) is 10.1 Å². The van der Waals surface area contributed by atoms with Gasteiger partial charge in [0, 0.05) is 49.7 Å². The van der Waals surface area contributed by atoms with E-state index in [0.717, 1.165) is 63.6 Å². The second-order valence-electron chi connectivity index (χ2n) is 8.15. The van der Waals surface area contributed by atoms with E-state index < -0.39 is 10.8 Å². The Balaban J connectivity index is 1.61. The Labute approximate surface area is 191 Å². The molecule has 2 fully saturated rings. The van der Waals surface area contributed by atoms with Gasteiger partial charge in [-0.1, -0.05) is 11.6 Å². The highest BCUT2D eigenvalue weighted by Crippen LogP contribution is 2.30. The Morgan fingerprint density at radius 3 is 2.25 bits per heavy atom. The van der Waals surface area contributed by atoms with Crippen LogP contribution in [0.4, 0.5) is 17.1 Å². The minimum atomic E-state index is -0.566. The molecule has 0 spiro atoms. The molecule has 2 aromatic carbocycles. The lowest BCUT2D eigenvalue weighted by molar-refractivity contribution is -0.384. The second kappa shape index (κ2) is 9.56. The molecule has 2 aliphatic heterocycles. The number of nitro groups is 1. The molecule has 4 rings (SSSR count). The van der Waals surface area contributed by atoms with E-state index in [4.69, 9.17) is 11.6 Å². The number of benzene rings is 2. The van der Waals surface area contributed by atoms with Crippen LogP contribution < -0.4 is 10.2 Å². The summed E-state index contributed by atoms with van der Waals surface area (Å²) in [6, 6.07) is 9.11. The molecule has 0 aliphatic carbocycles. The summed E-state index contributed by atoms with van der Waals surface area (Å²) < 4.78 is 0. The van der Waals surface area contributed by atoms with Crippen LogP contribution in [0.15, 0.2) is 36.4 Å². The average Bonchev–Trinajstić information content (AvgIpc) is 3.34. The molecule has 32 heavy (non-hydrogen) atoms. The molecule has 1 N–H and O–H groups in total. The van der Waals surface area contributed by atoms with Crippen LogP contribution in [0.25, 0.3) is 0 Å². The molecule has 2 heterocycles. The van der Waals surface area contributed by atoms with E-state index in [1.54, 1.807) is 12.1 Å². The van der Waals surface area contributed by atoms with E-state index >= 15 is 0 Å². The molecule has 2 aromatic rings. The number of amides is 2. The minimum absolute atomic E-state index is 0.00463. The van der Waals surface area contributed by atoms with Gasteiger partial charge in [0.2, 0.25) is 0 Å². The zero-order valence-electron chi connectivity index (χ0n) is 17.7. The fourth-order valence-electron chi connectivity index (χ4n) is 4.29. The third-order valence-electron chi connectivity index (χ3n) is 5.98. The van der Waals surface area contributed by atoms with Crippen molar-refractivity contribution in [3.8, 4) is 0 Å². The predicted molar refractivity (Wildman–Crippen MR) is 124 cm³/mol. The summed E-state index contributed by atoms with van der Waals surface area (Å²) in [7, 11) is 0. The van der Waals surface area contributed by atoms with Crippen LogP contribution in [0.2, 0.25) is 5.02 Å². The van der Waals surface area contributed by atoms with Gasteiger partial charge >= 0.3 is 0 Å². The van der Waals surface area contributed by atoms with Crippen molar-refractivity contribution < 1.29 is 14.5 Å². The zero-order valence-corrected chi connectivity index (χ0v) is 18.4. The number of nitrogens with one attached hydrogen (secondary N) is 1. The molecule has 2 aliphatic rings. The molecule has 2 amide bonds. The van der Waals surface area contributed by atoms with Gasteiger partial charge in [0.15, 0.2) is 0 Å². The number of non-ortho nitro benzene ring substituents is 1. The van der Waals surface area contributed by atoms with E-state index in [1.165, 1.54) is 18.6 Å². The topological polar surface area (TPSA) is 95.8 Å². The van der Waals surface area contributed by atoms with Crippen LogP contribution >= 0.6 is 11.6 Å². The SMILES string of the molecule is O=C(Nc1ccc(N2CCCCC2)c(C(=O)N2CCCC2)c1)c1ccc([N+](=O)[O-])cc1Cl. The van der Waals surface area contributed by atoms with Crippen molar-refractivity contribution in [3.05, 3.63) is 62.7 Å². The molecule has 8 nitrogen and oxygen atoms in total. The second-order valence-corrected chi connectivity index (χ2v) is 8.56. The van der Waals surface area contributed by atoms with E-state index in [-0.39, 0.29) is 22.2 Å². The summed E-state index contributed by atoms with van der Waals surface area (Å²) in [5.74, 6) is -0.511.